The van der Waals surface area contributed by atoms with Crippen molar-refractivity contribution in [1.82, 2.24) is 0 Å². The Labute approximate surface area is 285 Å². The summed E-state index contributed by atoms with van der Waals surface area (Å²) in [6, 6.07) is 4.05. The highest BCUT2D eigenvalue weighted by atomic mass is 32.1. The lowest BCUT2D eigenvalue weighted by Gasteiger charge is -2.08. The number of aryl methyl sites for hydroxylation is 3. The molecule has 0 fully saturated rings. The summed E-state index contributed by atoms with van der Waals surface area (Å²) in [5, 5.41) is 0. The monoisotopic (exact) mass is 678 g/mol. The van der Waals surface area contributed by atoms with Crippen molar-refractivity contribution in [3.05, 3.63) is 57.0 Å². The largest absolute Gasteiger partial charge is 0.203 e. The molecule has 0 aliphatic carbocycles. The standard InChI is InChI=1S/C40H58F4S2/c1-5-7-9-11-13-15-17-19-21-23-25-31-27-29(3)45-39(31)40-32(26-24-22-20-18-16-14-12-10-8-6-2)28-33(46-40)34-37(43)35(41)30(4)36(42)38(34)44/h27-28H,5-26H2,1-4H3. The van der Waals surface area contributed by atoms with Gasteiger partial charge in [-0.15, -0.1) is 22.7 Å². The van der Waals surface area contributed by atoms with Gasteiger partial charge >= 0.3 is 0 Å². The predicted molar refractivity (Wildman–Crippen MR) is 193 cm³/mol. The van der Waals surface area contributed by atoms with Gasteiger partial charge in [0.1, 0.15) is 0 Å². The quantitative estimate of drug-likeness (QED) is 0.0502. The third-order valence-corrected chi connectivity index (χ3v) is 11.7. The molecular weight excluding hydrogens is 621 g/mol. The summed E-state index contributed by atoms with van der Waals surface area (Å²) in [5.74, 6) is -5.23. The van der Waals surface area contributed by atoms with Crippen molar-refractivity contribution in [2.45, 2.75) is 169 Å². The van der Waals surface area contributed by atoms with Crippen LogP contribution >= 0.6 is 22.7 Å². The van der Waals surface area contributed by atoms with Gasteiger partial charge in [-0.05, 0) is 62.8 Å². The molecular formula is C40H58F4S2. The second-order valence-corrected chi connectivity index (χ2v) is 15.6. The minimum atomic E-state index is -1.31. The molecule has 0 radical (unpaired) electrons. The van der Waals surface area contributed by atoms with Crippen LogP contribution in [0, 0.1) is 37.1 Å². The third-order valence-electron chi connectivity index (χ3n) is 9.28. The summed E-state index contributed by atoms with van der Waals surface area (Å²) in [6.07, 6.45) is 26.9. The first-order chi connectivity index (χ1) is 22.3. The van der Waals surface area contributed by atoms with Crippen LogP contribution in [0.25, 0.3) is 20.2 Å². The van der Waals surface area contributed by atoms with Gasteiger partial charge in [0.2, 0.25) is 0 Å². The average Bonchev–Trinajstić information content (AvgIpc) is 3.63. The zero-order valence-corrected chi connectivity index (χ0v) is 30.7. The van der Waals surface area contributed by atoms with Gasteiger partial charge in [0, 0.05) is 25.1 Å². The lowest BCUT2D eigenvalue weighted by Crippen LogP contribution is -2.02. The highest BCUT2D eigenvalue weighted by molar-refractivity contribution is 7.24. The molecule has 0 unspecified atom stereocenters. The Hall–Kier alpha value is -1.66. The number of halogens is 4. The van der Waals surface area contributed by atoms with E-state index in [9.17, 15) is 8.78 Å². The van der Waals surface area contributed by atoms with E-state index in [1.807, 2.05) is 0 Å². The molecule has 258 valence electrons. The number of hydrogen-bond donors (Lipinski definition) is 0. The number of rotatable bonds is 24. The molecule has 3 rings (SSSR count). The molecule has 0 spiro atoms. The normalized spacial score (nSPS) is 11.7. The van der Waals surface area contributed by atoms with Crippen molar-refractivity contribution >= 4 is 22.7 Å². The van der Waals surface area contributed by atoms with Gasteiger partial charge in [-0.3, -0.25) is 0 Å². The highest BCUT2D eigenvalue weighted by Gasteiger charge is 2.27. The van der Waals surface area contributed by atoms with E-state index in [0.717, 1.165) is 54.3 Å². The number of benzene rings is 1. The van der Waals surface area contributed by atoms with Crippen molar-refractivity contribution in [1.29, 1.82) is 0 Å². The first-order valence-corrected chi connectivity index (χ1v) is 20.0. The van der Waals surface area contributed by atoms with Crippen molar-refractivity contribution < 1.29 is 17.6 Å². The Kier molecular flexibility index (Phi) is 18.0. The molecule has 0 aliphatic heterocycles. The molecule has 46 heavy (non-hydrogen) atoms. The molecule has 2 aromatic heterocycles. The molecule has 0 N–H and O–H groups in total. The van der Waals surface area contributed by atoms with Gasteiger partial charge in [0.15, 0.2) is 23.3 Å². The molecule has 1 aromatic carbocycles. The van der Waals surface area contributed by atoms with Crippen LogP contribution < -0.4 is 0 Å². The first-order valence-electron chi connectivity index (χ1n) is 18.3. The Morgan fingerprint density at radius 2 is 0.826 bits per heavy atom. The fourth-order valence-electron chi connectivity index (χ4n) is 6.44. The highest BCUT2D eigenvalue weighted by Crippen LogP contribution is 2.46. The summed E-state index contributed by atoms with van der Waals surface area (Å²) in [5.41, 5.74) is 1.12. The Morgan fingerprint density at radius 1 is 0.457 bits per heavy atom. The van der Waals surface area contributed by atoms with Crippen molar-refractivity contribution in [2.75, 3.05) is 0 Å². The maximum absolute atomic E-state index is 15.1. The van der Waals surface area contributed by atoms with Crippen LogP contribution in [0.4, 0.5) is 17.6 Å². The molecule has 0 atom stereocenters. The number of unbranched alkanes of at least 4 members (excludes halogenated alkanes) is 18. The van der Waals surface area contributed by atoms with Gasteiger partial charge in [-0.2, -0.15) is 0 Å². The Morgan fingerprint density at radius 3 is 1.26 bits per heavy atom. The summed E-state index contributed by atoms with van der Waals surface area (Å²) in [4.78, 5) is 3.63. The van der Waals surface area contributed by atoms with Gasteiger partial charge in [0.05, 0.1) is 5.56 Å². The summed E-state index contributed by atoms with van der Waals surface area (Å²) in [6.45, 7) is 7.68. The summed E-state index contributed by atoms with van der Waals surface area (Å²) < 4.78 is 59.5. The topological polar surface area (TPSA) is 0 Å². The SMILES string of the molecule is CCCCCCCCCCCCc1cc(C)sc1-c1sc(-c2c(F)c(F)c(C)c(F)c2F)cc1CCCCCCCCCCCC. The van der Waals surface area contributed by atoms with E-state index in [1.54, 1.807) is 17.4 Å². The first kappa shape index (κ1) is 38.8. The van der Waals surface area contributed by atoms with E-state index in [0.29, 0.717) is 0 Å². The molecule has 0 bridgehead atoms. The van der Waals surface area contributed by atoms with E-state index < -0.39 is 34.4 Å². The second-order valence-electron chi connectivity index (χ2n) is 13.3. The zero-order chi connectivity index (χ0) is 33.3. The van der Waals surface area contributed by atoms with Crippen LogP contribution in [0.2, 0.25) is 0 Å². The van der Waals surface area contributed by atoms with Crippen molar-refractivity contribution in [3.63, 3.8) is 0 Å². The summed E-state index contributed by atoms with van der Waals surface area (Å²) in [7, 11) is 0. The van der Waals surface area contributed by atoms with Gasteiger partial charge in [-0.1, -0.05) is 129 Å². The van der Waals surface area contributed by atoms with Crippen LogP contribution in [0.15, 0.2) is 12.1 Å². The lowest BCUT2D eigenvalue weighted by atomic mass is 10.00. The smallest absolute Gasteiger partial charge is 0.170 e. The van der Waals surface area contributed by atoms with Gasteiger partial charge in [-0.25, -0.2) is 17.6 Å². The molecule has 0 amide bonds. The lowest BCUT2D eigenvalue weighted by molar-refractivity contribution is 0.449. The molecule has 3 aromatic rings. The second kappa shape index (κ2) is 21.3. The summed E-state index contributed by atoms with van der Waals surface area (Å²) >= 11 is 3.00. The van der Waals surface area contributed by atoms with Crippen LogP contribution in [-0.2, 0) is 12.8 Å². The molecule has 2 heterocycles. The minimum absolute atomic E-state index is 0.265. The van der Waals surface area contributed by atoms with Crippen LogP contribution in [0.3, 0.4) is 0 Å². The molecule has 0 nitrogen and oxygen atoms in total. The van der Waals surface area contributed by atoms with E-state index in [2.05, 4.69) is 26.8 Å². The molecule has 0 aliphatic rings. The third kappa shape index (κ3) is 11.8. The number of thiophene rings is 2. The van der Waals surface area contributed by atoms with Crippen LogP contribution in [0.1, 0.15) is 164 Å². The Balaban J connectivity index is 1.71. The number of hydrogen-bond acceptors (Lipinski definition) is 2. The molecule has 0 saturated heterocycles. The van der Waals surface area contributed by atoms with E-state index in [-0.39, 0.29) is 4.88 Å². The maximum Gasteiger partial charge on any atom is 0.170 e. The Bertz CT molecular complexity index is 1280. The van der Waals surface area contributed by atoms with E-state index in [4.69, 9.17) is 0 Å². The minimum Gasteiger partial charge on any atom is -0.203 e. The van der Waals surface area contributed by atoms with Crippen LogP contribution in [-0.4, -0.2) is 0 Å². The van der Waals surface area contributed by atoms with Crippen molar-refractivity contribution in [3.8, 4) is 20.2 Å². The van der Waals surface area contributed by atoms with Gasteiger partial charge in [0.25, 0.3) is 0 Å². The average molecular weight is 679 g/mol. The molecule has 0 saturated carbocycles. The van der Waals surface area contributed by atoms with Gasteiger partial charge < -0.3 is 0 Å². The fourth-order valence-corrected chi connectivity index (χ4v) is 8.95. The fraction of sp³-hybridized carbons (Fsp3) is 0.650. The van der Waals surface area contributed by atoms with E-state index in [1.165, 1.54) is 131 Å². The molecule has 6 heteroatoms. The van der Waals surface area contributed by atoms with Crippen molar-refractivity contribution in [2.24, 2.45) is 0 Å². The van der Waals surface area contributed by atoms with Crippen LogP contribution in [0.5, 0.6) is 0 Å². The predicted octanol–water partition coefficient (Wildman–Crippen LogP) is 15.2. The zero-order valence-electron chi connectivity index (χ0n) is 29.0. The maximum atomic E-state index is 15.1. The van der Waals surface area contributed by atoms with E-state index >= 15 is 8.78 Å².